The summed E-state index contributed by atoms with van der Waals surface area (Å²) in [7, 11) is 0. The first-order valence-corrected chi connectivity index (χ1v) is 6.74. The Bertz CT molecular complexity index is 487. The van der Waals surface area contributed by atoms with Crippen LogP contribution in [0.4, 0.5) is 13.2 Å². The van der Waals surface area contributed by atoms with Gasteiger partial charge in [-0.1, -0.05) is 18.2 Å². The van der Waals surface area contributed by atoms with Gasteiger partial charge in [0.05, 0.1) is 0 Å². The molecule has 0 atom stereocenters. The van der Waals surface area contributed by atoms with E-state index in [9.17, 15) is 13.2 Å². The smallest absolute Gasteiger partial charge is 0.487 e. The van der Waals surface area contributed by atoms with E-state index >= 15 is 0 Å². The van der Waals surface area contributed by atoms with Gasteiger partial charge in [0, 0.05) is 25.9 Å². The molecule has 2 aliphatic heterocycles. The molecule has 0 N–H and O–H groups in total. The highest BCUT2D eigenvalue weighted by atomic mass is 35.5. The number of hydrogen-bond acceptors (Lipinski definition) is 3. The van der Waals surface area contributed by atoms with Crippen molar-refractivity contribution < 1.29 is 22.7 Å². The van der Waals surface area contributed by atoms with E-state index < -0.39 is 6.36 Å². The van der Waals surface area contributed by atoms with Gasteiger partial charge < -0.3 is 4.74 Å². The van der Waals surface area contributed by atoms with E-state index in [0.717, 1.165) is 23.7 Å². The molecule has 118 valence electrons. The number of para-hydroxylation sites is 1. The third-order valence-corrected chi connectivity index (χ3v) is 4.02. The second-order valence-electron chi connectivity index (χ2n) is 5.36. The number of ether oxygens (including phenoxy) is 1. The molecular formula is C14H17ClF3NO2. The van der Waals surface area contributed by atoms with Gasteiger partial charge in [-0.25, -0.2) is 4.84 Å². The molecule has 0 unspecified atom stereocenters. The monoisotopic (exact) mass is 323 g/mol. The molecule has 2 aliphatic rings. The van der Waals surface area contributed by atoms with E-state index in [4.69, 9.17) is 4.74 Å². The maximum absolute atomic E-state index is 12.2. The predicted molar refractivity (Wildman–Crippen MR) is 73.3 cm³/mol. The summed E-state index contributed by atoms with van der Waals surface area (Å²) < 4.78 is 42.6. The fourth-order valence-electron chi connectivity index (χ4n) is 2.94. The molecule has 0 radical (unpaired) electrons. The Balaban J connectivity index is 0.00000161. The lowest BCUT2D eigenvalue weighted by Crippen LogP contribution is -2.50. The number of benzene rings is 1. The van der Waals surface area contributed by atoms with Crippen LogP contribution in [0, 0.1) is 0 Å². The van der Waals surface area contributed by atoms with Crippen molar-refractivity contribution in [2.45, 2.75) is 37.6 Å². The average Bonchev–Trinajstić information content (AvgIpc) is 2.40. The van der Waals surface area contributed by atoms with Crippen molar-refractivity contribution in [3.05, 3.63) is 29.8 Å². The molecule has 0 aliphatic carbocycles. The van der Waals surface area contributed by atoms with Crippen LogP contribution in [0.25, 0.3) is 0 Å². The van der Waals surface area contributed by atoms with Crippen LogP contribution in [0.2, 0.25) is 0 Å². The zero-order chi connectivity index (χ0) is 14.2. The molecule has 0 amide bonds. The zero-order valence-electron chi connectivity index (χ0n) is 11.4. The average molecular weight is 324 g/mol. The molecule has 0 bridgehead atoms. The SMILES string of the molecule is Cl.FC(F)(F)ON1CCC2(CCc3ccccc3O2)CC1. The lowest BCUT2D eigenvalue weighted by Gasteiger charge is -2.44. The fraction of sp³-hybridized carbons (Fsp3) is 0.571. The normalized spacial score (nSPS) is 21.3. The number of piperidine rings is 1. The molecule has 2 heterocycles. The van der Waals surface area contributed by atoms with Gasteiger partial charge in [-0.2, -0.15) is 5.06 Å². The standard InChI is InChI=1S/C14H16F3NO2.ClH/c15-14(16,17)20-18-9-7-13(8-10-18)6-5-11-3-1-2-4-12(11)19-13;/h1-4H,5-10H2;1H. The highest BCUT2D eigenvalue weighted by Gasteiger charge is 2.42. The van der Waals surface area contributed by atoms with Crippen LogP contribution in [0.5, 0.6) is 5.75 Å². The summed E-state index contributed by atoms with van der Waals surface area (Å²) >= 11 is 0. The quantitative estimate of drug-likeness (QED) is 0.786. The highest BCUT2D eigenvalue weighted by molar-refractivity contribution is 5.85. The molecule has 21 heavy (non-hydrogen) atoms. The van der Waals surface area contributed by atoms with Gasteiger partial charge in [0.25, 0.3) is 0 Å². The van der Waals surface area contributed by atoms with Crippen molar-refractivity contribution in [3.8, 4) is 5.75 Å². The Labute approximate surface area is 127 Å². The topological polar surface area (TPSA) is 21.7 Å². The largest absolute Gasteiger partial charge is 0.539 e. The number of rotatable bonds is 1. The molecule has 0 saturated carbocycles. The minimum absolute atomic E-state index is 0. The van der Waals surface area contributed by atoms with Crippen LogP contribution in [0.1, 0.15) is 24.8 Å². The molecule has 1 aromatic carbocycles. The van der Waals surface area contributed by atoms with Crippen molar-refractivity contribution in [1.82, 2.24) is 5.06 Å². The van der Waals surface area contributed by atoms with Gasteiger partial charge >= 0.3 is 6.36 Å². The van der Waals surface area contributed by atoms with Crippen LogP contribution in [-0.4, -0.2) is 30.1 Å². The second-order valence-corrected chi connectivity index (χ2v) is 5.36. The summed E-state index contributed by atoms with van der Waals surface area (Å²) in [5.74, 6) is 0.865. The van der Waals surface area contributed by atoms with Crippen LogP contribution >= 0.6 is 12.4 Å². The number of alkyl halides is 3. The molecule has 1 aromatic rings. The number of halogens is 4. The predicted octanol–water partition coefficient (Wildman–Crippen LogP) is 3.72. The minimum atomic E-state index is -4.61. The maximum Gasteiger partial charge on any atom is 0.539 e. The zero-order valence-corrected chi connectivity index (χ0v) is 12.2. The number of fused-ring (bicyclic) bond motifs is 1. The van der Waals surface area contributed by atoms with Crippen LogP contribution < -0.4 is 4.74 Å². The summed E-state index contributed by atoms with van der Waals surface area (Å²) in [6.07, 6.45) is -1.74. The van der Waals surface area contributed by atoms with Crippen molar-refractivity contribution in [1.29, 1.82) is 0 Å². The molecule has 7 heteroatoms. The van der Waals surface area contributed by atoms with E-state index in [1.54, 1.807) is 0 Å². The lowest BCUT2D eigenvalue weighted by molar-refractivity contribution is -0.419. The van der Waals surface area contributed by atoms with Gasteiger partial charge in [0.2, 0.25) is 0 Å². The van der Waals surface area contributed by atoms with Crippen molar-refractivity contribution in [3.63, 3.8) is 0 Å². The van der Waals surface area contributed by atoms with Gasteiger partial charge in [-0.15, -0.1) is 25.6 Å². The summed E-state index contributed by atoms with van der Waals surface area (Å²) in [5.41, 5.74) is 0.840. The summed E-state index contributed by atoms with van der Waals surface area (Å²) in [6.45, 7) is 0.476. The van der Waals surface area contributed by atoms with E-state index in [2.05, 4.69) is 4.84 Å². The van der Waals surface area contributed by atoms with E-state index in [1.807, 2.05) is 24.3 Å². The van der Waals surface area contributed by atoms with Crippen LogP contribution in [0.15, 0.2) is 24.3 Å². The Hall–Kier alpha value is -0.980. The molecule has 1 spiro atoms. The van der Waals surface area contributed by atoms with Crippen LogP contribution in [0.3, 0.4) is 0 Å². The van der Waals surface area contributed by atoms with Crippen LogP contribution in [-0.2, 0) is 11.3 Å². The second kappa shape index (κ2) is 6.02. The van der Waals surface area contributed by atoms with Crippen molar-refractivity contribution >= 4 is 12.4 Å². The third-order valence-electron chi connectivity index (χ3n) is 4.02. The Morgan fingerprint density at radius 1 is 1.10 bits per heavy atom. The molecule has 0 aromatic heterocycles. The Kier molecular flexibility index (Phi) is 4.70. The van der Waals surface area contributed by atoms with E-state index in [1.165, 1.54) is 5.56 Å². The van der Waals surface area contributed by atoms with Crippen molar-refractivity contribution in [2.75, 3.05) is 13.1 Å². The number of hydrogen-bond donors (Lipinski definition) is 0. The van der Waals surface area contributed by atoms with Gasteiger partial charge in [-0.3, -0.25) is 0 Å². The first-order chi connectivity index (χ1) is 9.46. The third kappa shape index (κ3) is 3.81. The van der Waals surface area contributed by atoms with E-state index in [0.29, 0.717) is 12.8 Å². The molecule has 3 nitrogen and oxygen atoms in total. The van der Waals surface area contributed by atoms with E-state index in [-0.39, 0.29) is 31.1 Å². The minimum Gasteiger partial charge on any atom is -0.487 e. The molecular weight excluding hydrogens is 307 g/mol. The van der Waals surface area contributed by atoms with Gasteiger partial charge in [0.1, 0.15) is 11.4 Å². The van der Waals surface area contributed by atoms with Gasteiger partial charge in [0.15, 0.2) is 0 Å². The summed E-state index contributed by atoms with van der Waals surface area (Å²) in [5, 5.41) is 0.981. The molecule has 1 saturated heterocycles. The number of aryl methyl sites for hydroxylation is 1. The van der Waals surface area contributed by atoms with Gasteiger partial charge in [-0.05, 0) is 24.5 Å². The Morgan fingerprint density at radius 2 is 1.76 bits per heavy atom. The number of hydroxylamine groups is 2. The first kappa shape index (κ1) is 16.4. The summed E-state index contributed by atoms with van der Waals surface area (Å²) in [6, 6.07) is 7.85. The lowest BCUT2D eigenvalue weighted by atomic mass is 9.83. The molecule has 1 fully saturated rings. The summed E-state index contributed by atoms with van der Waals surface area (Å²) in [4.78, 5) is 3.96. The number of nitrogens with zero attached hydrogens (tertiary/aromatic N) is 1. The maximum atomic E-state index is 12.2. The fourth-order valence-corrected chi connectivity index (χ4v) is 2.94. The molecule has 3 rings (SSSR count). The van der Waals surface area contributed by atoms with Crippen molar-refractivity contribution in [2.24, 2.45) is 0 Å². The highest BCUT2D eigenvalue weighted by Crippen LogP contribution is 2.39. The Morgan fingerprint density at radius 3 is 2.43 bits per heavy atom. The first-order valence-electron chi connectivity index (χ1n) is 6.74.